The lowest BCUT2D eigenvalue weighted by molar-refractivity contribution is 0.171. The van der Waals surface area contributed by atoms with E-state index in [1.165, 1.54) is 0 Å². The average Bonchev–Trinajstić information content (AvgIpc) is 2.61. The quantitative estimate of drug-likeness (QED) is 0.873. The van der Waals surface area contributed by atoms with E-state index in [2.05, 4.69) is 11.6 Å². The lowest BCUT2D eigenvalue weighted by Gasteiger charge is -2.19. The van der Waals surface area contributed by atoms with E-state index in [-0.39, 0.29) is 11.4 Å². The molecule has 2 aromatic carbocycles. The van der Waals surface area contributed by atoms with Crippen LogP contribution in [0.2, 0.25) is 0 Å². The highest BCUT2D eigenvalue weighted by Crippen LogP contribution is 2.30. The van der Waals surface area contributed by atoms with Crippen LogP contribution in [0.3, 0.4) is 0 Å². The van der Waals surface area contributed by atoms with Crippen molar-refractivity contribution in [3.05, 3.63) is 53.6 Å². The fourth-order valence-corrected chi connectivity index (χ4v) is 3.60. The predicted molar refractivity (Wildman–Crippen MR) is 91.9 cm³/mol. The molecule has 0 saturated heterocycles. The van der Waals surface area contributed by atoms with Gasteiger partial charge in [0.15, 0.2) is 11.5 Å². The summed E-state index contributed by atoms with van der Waals surface area (Å²) < 4.78 is 38.4. The zero-order chi connectivity index (χ0) is 17.0. The SMILES string of the molecule is CCCc1ccc(S(=O)(=O)NCc2ccc3c(c2)OCCO3)cc1. The summed E-state index contributed by atoms with van der Waals surface area (Å²) in [7, 11) is -3.53. The molecule has 1 N–H and O–H groups in total. The third-order valence-electron chi connectivity index (χ3n) is 3.85. The largest absolute Gasteiger partial charge is 0.486 e. The Labute approximate surface area is 142 Å². The van der Waals surface area contributed by atoms with Crippen LogP contribution in [0, 0.1) is 0 Å². The van der Waals surface area contributed by atoms with Gasteiger partial charge >= 0.3 is 0 Å². The van der Waals surface area contributed by atoms with Gasteiger partial charge in [-0.15, -0.1) is 0 Å². The maximum atomic E-state index is 12.4. The summed E-state index contributed by atoms with van der Waals surface area (Å²) in [6.45, 7) is 3.34. The van der Waals surface area contributed by atoms with Gasteiger partial charge in [-0.2, -0.15) is 0 Å². The first-order chi connectivity index (χ1) is 11.6. The van der Waals surface area contributed by atoms with Gasteiger partial charge in [0.2, 0.25) is 10.0 Å². The summed E-state index contributed by atoms with van der Waals surface area (Å²) in [6, 6.07) is 12.5. The van der Waals surface area contributed by atoms with Gasteiger partial charge in [-0.3, -0.25) is 0 Å². The first-order valence-corrected chi connectivity index (χ1v) is 9.54. The molecular formula is C18H21NO4S. The van der Waals surface area contributed by atoms with Crippen LogP contribution in [0.4, 0.5) is 0 Å². The van der Waals surface area contributed by atoms with Crippen LogP contribution < -0.4 is 14.2 Å². The van der Waals surface area contributed by atoms with Crippen molar-refractivity contribution in [3.8, 4) is 11.5 Å². The molecule has 0 aromatic heterocycles. The second kappa shape index (κ2) is 7.23. The van der Waals surface area contributed by atoms with Gasteiger partial charge in [0.25, 0.3) is 0 Å². The number of nitrogens with one attached hydrogen (secondary N) is 1. The second-order valence-electron chi connectivity index (χ2n) is 5.70. The number of fused-ring (bicyclic) bond motifs is 1. The van der Waals surface area contributed by atoms with E-state index < -0.39 is 10.0 Å². The number of benzene rings is 2. The van der Waals surface area contributed by atoms with E-state index in [1.807, 2.05) is 18.2 Å². The third kappa shape index (κ3) is 3.88. The first-order valence-electron chi connectivity index (χ1n) is 8.05. The molecule has 0 fully saturated rings. The fraction of sp³-hybridized carbons (Fsp3) is 0.333. The molecule has 0 aliphatic carbocycles. The van der Waals surface area contributed by atoms with E-state index in [4.69, 9.17) is 9.47 Å². The maximum absolute atomic E-state index is 12.4. The zero-order valence-corrected chi connectivity index (χ0v) is 14.4. The van der Waals surface area contributed by atoms with E-state index in [1.54, 1.807) is 24.3 Å². The second-order valence-corrected chi connectivity index (χ2v) is 7.46. The van der Waals surface area contributed by atoms with Crippen molar-refractivity contribution in [1.29, 1.82) is 0 Å². The smallest absolute Gasteiger partial charge is 0.240 e. The van der Waals surface area contributed by atoms with Gasteiger partial charge in [0, 0.05) is 6.54 Å². The number of hydrogen-bond acceptors (Lipinski definition) is 4. The highest BCUT2D eigenvalue weighted by molar-refractivity contribution is 7.89. The van der Waals surface area contributed by atoms with Gasteiger partial charge in [0.1, 0.15) is 13.2 Å². The van der Waals surface area contributed by atoms with Crippen molar-refractivity contribution in [2.24, 2.45) is 0 Å². The predicted octanol–water partition coefficient (Wildman–Crippen LogP) is 2.89. The highest BCUT2D eigenvalue weighted by atomic mass is 32.2. The molecule has 6 heteroatoms. The normalized spacial score (nSPS) is 13.7. The molecular weight excluding hydrogens is 326 g/mol. The van der Waals surface area contributed by atoms with Crippen molar-refractivity contribution in [2.75, 3.05) is 13.2 Å². The van der Waals surface area contributed by atoms with Crippen LogP contribution in [-0.4, -0.2) is 21.6 Å². The van der Waals surface area contributed by atoms with Crippen LogP contribution in [0.5, 0.6) is 11.5 Å². The van der Waals surface area contributed by atoms with Gasteiger partial charge in [-0.25, -0.2) is 13.1 Å². The fourth-order valence-electron chi connectivity index (χ4n) is 2.58. The first kappa shape index (κ1) is 16.8. The Hall–Kier alpha value is -2.05. The molecule has 0 atom stereocenters. The van der Waals surface area contributed by atoms with Crippen LogP contribution >= 0.6 is 0 Å². The molecule has 5 nitrogen and oxygen atoms in total. The van der Waals surface area contributed by atoms with E-state index in [0.717, 1.165) is 24.0 Å². The van der Waals surface area contributed by atoms with Crippen molar-refractivity contribution in [3.63, 3.8) is 0 Å². The minimum Gasteiger partial charge on any atom is -0.486 e. The monoisotopic (exact) mass is 347 g/mol. The number of aryl methyl sites for hydroxylation is 1. The van der Waals surface area contributed by atoms with E-state index >= 15 is 0 Å². The van der Waals surface area contributed by atoms with Crippen molar-refractivity contribution >= 4 is 10.0 Å². The Morgan fingerprint density at radius 3 is 2.33 bits per heavy atom. The summed E-state index contributed by atoms with van der Waals surface area (Å²) >= 11 is 0. The molecule has 0 amide bonds. The van der Waals surface area contributed by atoms with Crippen molar-refractivity contribution in [1.82, 2.24) is 4.72 Å². The molecule has 1 aliphatic rings. The van der Waals surface area contributed by atoms with Crippen molar-refractivity contribution < 1.29 is 17.9 Å². The minimum absolute atomic E-state index is 0.204. The molecule has 2 aromatic rings. The number of hydrogen-bond donors (Lipinski definition) is 1. The van der Waals surface area contributed by atoms with Crippen molar-refractivity contribution in [2.45, 2.75) is 31.2 Å². The molecule has 0 radical (unpaired) electrons. The van der Waals surface area contributed by atoms with E-state index in [0.29, 0.717) is 24.7 Å². The number of sulfonamides is 1. The summed E-state index contributed by atoms with van der Waals surface area (Å²) in [5.74, 6) is 1.35. The van der Waals surface area contributed by atoms with Crippen LogP contribution in [0.15, 0.2) is 47.4 Å². The summed E-state index contributed by atoms with van der Waals surface area (Å²) in [5.41, 5.74) is 1.97. The van der Waals surface area contributed by atoms with E-state index in [9.17, 15) is 8.42 Å². The Morgan fingerprint density at radius 1 is 0.958 bits per heavy atom. The highest BCUT2D eigenvalue weighted by Gasteiger charge is 2.15. The van der Waals surface area contributed by atoms with Gasteiger partial charge in [0.05, 0.1) is 4.90 Å². The van der Waals surface area contributed by atoms with Gasteiger partial charge in [-0.1, -0.05) is 31.5 Å². The Kier molecular flexibility index (Phi) is 5.06. The average molecular weight is 347 g/mol. The third-order valence-corrected chi connectivity index (χ3v) is 5.26. The summed E-state index contributed by atoms with van der Waals surface area (Å²) in [5, 5.41) is 0. The van der Waals surface area contributed by atoms with Crippen LogP contribution in [0.25, 0.3) is 0 Å². The number of ether oxygens (including phenoxy) is 2. The molecule has 0 spiro atoms. The number of rotatable bonds is 6. The van der Waals surface area contributed by atoms with Crippen LogP contribution in [-0.2, 0) is 23.0 Å². The molecule has 128 valence electrons. The van der Waals surface area contributed by atoms with Crippen LogP contribution in [0.1, 0.15) is 24.5 Å². The van der Waals surface area contributed by atoms with Gasteiger partial charge in [-0.05, 0) is 41.8 Å². The molecule has 0 bridgehead atoms. The Balaban J connectivity index is 1.68. The lowest BCUT2D eigenvalue weighted by Crippen LogP contribution is -2.23. The maximum Gasteiger partial charge on any atom is 0.240 e. The van der Waals surface area contributed by atoms with Gasteiger partial charge < -0.3 is 9.47 Å². The topological polar surface area (TPSA) is 64.6 Å². The Bertz CT molecular complexity index is 800. The molecule has 0 saturated carbocycles. The zero-order valence-electron chi connectivity index (χ0n) is 13.6. The summed E-state index contributed by atoms with van der Waals surface area (Å²) in [4.78, 5) is 0.278. The standard InChI is InChI=1S/C18H21NO4S/c1-2-3-14-4-7-16(8-5-14)24(20,21)19-13-15-6-9-17-18(12-15)23-11-10-22-17/h4-9,12,19H,2-3,10-11,13H2,1H3. The summed E-state index contributed by atoms with van der Waals surface area (Å²) in [6.07, 6.45) is 1.99. The minimum atomic E-state index is -3.53. The Morgan fingerprint density at radius 2 is 1.62 bits per heavy atom. The lowest BCUT2D eigenvalue weighted by atomic mass is 10.1. The molecule has 1 heterocycles. The molecule has 0 unspecified atom stereocenters. The molecule has 1 aliphatic heterocycles. The molecule has 24 heavy (non-hydrogen) atoms. The molecule has 3 rings (SSSR count).